The van der Waals surface area contributed by atoms with E-state index in [4.69, 9.17) is 5.73 Å². The highest BCUT2D eigenvalue weighted by Gasteiger charge is 2.13. The van der Waals surface area contributed by atoms with Crippen molar-refractivity contribution in [3.05, 3.63) is 21.9 Å². The Morgan fingerprint density at radius 1 is 1.43 bits per heavy atom. The first-order valence-corrected chi connectivity index (χ1v) is 4.86. The molecule has 0 aliphatic heterocycles. The fourth-order valence-electron chi connectivity index (χ4n) is 1.34. The van der Waals surface area contributed by atoms with Crippen molar-refractivity contribution in [3.63, 3.8) is 0 Å². The van der Waals surface area contributed by atoms with Crippen LogP contribution in [-0.4, -0.2) is 15.1 Å². The number of aromatic nitrogens is 2. The zero-order valence-corrected chi connectivity index (χ0v) is 9.35. The van der Waals surface area contributed by atoms with Gasteiger partial charge < -0.3 is 10.7 Å². The van der Waals surface area contributed by atoms with Crippen molar-refractivity contribution in [2.45, 2.75) is 46.2 Å². The number of nitrogens with two attached hydrogens (primary N) is 1. The van der Waals surface area contributed by atoms with Crippen LogP contribution in [0.4, 0.5) is 0 Å². The number of hydrogen-bond donors (Lipinski definition) is 2. The maximum absolute atomic E-state index is 11.4. The molecule has 1 rings (SSSR count). The van der Waals surface area contributed by atoms with Crippen LogP contribution < -0.4 is 11.4 Å². The molecule has 1 heterocycles. The molecule has 0 aliphatic rings. The summed E-state index contributed by atoms with van der Waals surface area (Å²) >= 11 is 0. The molecule has 0 aliphatic carbocycles. The van der Waals surface area contributed by atoms with Gasteiger partial charge >= 0.3 is 5.69 Å². The molecule has 0 fully saturated rings. The molecule has 0 bridgehead atoms. The van der Waals surface area contributed by atoms with Gasteiger partial charge in [-0.1, -0.05) is 0 Å². The number of aromatic amines is 1. The Morgan fingerprint density at radius 2 is 2.00 bits per heavy atom. The fraction of sp³-hybridized carbons (Fsp3) is 0.700. The minimum absolute atomic E-state index is 0.0377. The van der Waals surface area contributed by atoms with Crippen LogP contribution in [-0.2, 0) is 6.54 Å². The molecule has 1 aromatic heterocycles. The summed E-state index contributed by atoms with van der Waals surface area (Å²) in [6.07, 6.45) is 0.797. The van der Waals surface area contributed by atoms with Crippen molar-refractivity contribution in [2.24, 2.45) is 5.73 Å². The average Bonchev–Trinajstić information content (AvgIpc) is 2.23. The smallest absolute Gasteiger partial charge is 0.325 e. The lowest BCUT2D eigenvalue weighted by molar-refractivity contribution is 0.429. The topological polar surface area (TPSA) is 63.8 Å². The van der Waals surface area contributed by atoms with Crippen LogP contribution in [0.2, 0.25) is 0 Å². The molecular weight excluding hydrogens is 178 g/mol. The third kappa shape index (κ3) is 2.48. The predicted octanol–water partition coefficient (Wildman–Crippen LogP) is 0.921. The molecule has 0 amide bonds. The number of rotatable bonds is 3. The average molecular weight is 197 g/mol. The van der Waals surface area contributed by atoms with E-state index < -0.39 is 0 Å². The SMILES string of the molecule is Cc1[nH]c(=O)n(CCC(C)(C)N)c1C. The summed E-state index contributed by atoms with van der Waals surface area (Å²) in [5.41, 5.74) is 7.54. The van der Waals surface area contributed by atoms with Gasteiger partial charge in [-0.25, -0.2) is 4.79 Å². The van der Waals surface area contributed by atoms with Gasteiger partial charge in [0.05, 0.1) is 0 Å². The highest BCUT2D eigenvalue weighted by atomic mass is 16.1. The summed E-state index contributed by atoms with van der Waals surface area (Å²) in [5, 5.41) is 0. The summed E-state index contributed by atoms with van der Waals surface area (Å²) < 4.78 is 1.74. The number of H-pyrrole nitrogens is 1. The summed E-state index contributed by atoms with van der Waals surface area (Å²) in [4.78, 5) is 14.2. The van der Waals surface area contributed by atoms with Crippen LogP contribution in [0.3, 0.4) is 0 Å². The first kappa shape index (κ1) is 11.0. The molecule has 0 spiro atoms. The van der Waals surface area contributed by atoms with Crippen molar-refractivity contribution in [1.29, 1.82) is 0 Å². The number of aryl methyl sites for hydroxylation is 1. The second-order valence-corrected chi connectivity index (χ2v) is 4.53. The molecule has 0 saturated carbocycles. The maximum Gasteiger partial charge on any atom is 0.325 e. The van der Waals surface area contributed by atoms with Crippen molar-refractivity contribution < 1.29 is 0 Å². The molecule has 14 heavy (non-hydrogen) atoms. The third-order valence-electron chi connectivity index (χ3n) is 2.47. The van der Waals surface area contributed by atoms with E-state index in [1.807, 2.05) is 27.7 Å². The molecule has 0 unspecified atom stereocenters. The second kappa shape index (κ2) is 3.61. The van der Waals surface area contributed by atoms with E-state index in [0.717, 1.165) is 17.8 Å². The Balaban J connectivity index is 2.82. The van der Waals surface area contributed by atoms with E-state index in [-0.39, 0.29) is 11.2 Å². The largest absolute Gasteiger partial charge is 0.325 e. The highest BCUT2D eigenvalue weighted by molar-refractivity contribution is 5.08. The number of nitrogens with one attached hydrogen (secondary N) is 1. The molecular formula is C10H19N3O. The van der Waals surface area contributed by atoms with E-state index in [1.54, 1.807) is 4.57 Å². The zero-order chi connectivity index (χ0) is 10.9. The summed E-state index contributed by atoms with van der Waals surface area (Å²) in [6, 6.07) is 0. The highest BCUT2D eigenvalue weighted by Crippen LogP contribution is 2.07. The quantitative estimate of drug-likeness (QED) is 0.756. The Labute approximate surface area is 84.1 Å². The molecule has 80 valence electrons. The van der Waals surface area contributed by atoms with Gasteiger partial charge in [0.15, 0.2) is 0 Å². The zero-order valence-electron chi connectivity index (χ0n) is 9.35. The lowest BCUT2D eigenvalue weighted by atomic mass is 10.0. The van der Waals surface area contributed by atoms with Crippen LogP contribution in [0.1, 0.15) is 31.7 Å². The Hall–Kier alpha value is -1.03. The van der Waals surface area contributed by atoms with E-state index in [2.05, 4.69) is 4.98 Å². The van der Waals surface area contributed by atoms with Gasteiger partial charge in [0, 0.05) is 23.5 Å². The van der Waals surface area contributed by atoms with Crippen LogP contribution in [0, 0.1) is 13.8 Å². The normalized spacial score (nSPS) is 12.1. The van der Waals surface area contributed by atoms with Crippen LogP contribution in [0.25, 0.3) is 0 Å². The predicted molar refractivity (Wildman–Crippen MR) is 57.4 cm³/mol. The molecule has 0 saturated heterocycles. The van der Waals surface area contributed by atoms with Crippen molar-refractivity contribution in [2.75, 3.05) is 0 Å². The van der Waals surface area contributed by atoms with E-state index in [0.29, 0.717) is 6.54 Å². The molecule has 0 radical (unpaired) electrons. The van der Waals surface area contributed by atoms with Gasteiger partial charge in [-0.2, -0.15) is 0 Å². The van der Waals surface area contributed by atoms with Gasteiger partial charge in [-0.3, -0.25) is 4.57 Å². The van der Waals surface area contributed by atoms with Crippen LogP contribution in [0.15, 0.2) is 4.79 Å². The second-order valence-electron chi connectivity index (χ2n) is 4.53. The van der Waals surface area contributed by atoms with Crippen LogP contribution >= 0.6 is 0 Å². The lowest BCUT2D eigenvalue weighted by Gasteiger charge is -2.18. The van der Waals surface area contributed by atoms with Gasteiger partial charge in [0.25, 0.3) is 0 Å². The minimum Gasteiger partial charge on any atom is -0.325 e. The lowest BCUT2D eigenvalue weighted by Crippen LogP contribution is -2.34. The first-order valence-electron chi connectivity index (χ1n) is 4.86. The van der Waals surface area contributed by atoms with E-state index >= 15 is 0 Å². The summed E-state index contributed by atoms with van der Waals surface area (Å²) in [5.74, 6) is 0. The van der Waals surface area contributed by atoms with Crippen LogP contribution in [0.5, 0.6) is 0 Å². The van der Waals surface area contributed by atoms with E-state index in [9.17, 15) is 4.79 Å². The van der Waals surface area contributed by atoms with Crippen molar-refractivity contribution >= 4 is 0 Å². The van der Waals surface area contributed by atoms with Gasteiger partial charge in [0.2, 0.25) is 0 Å². The van der Waals surface area contributed by atoms with E-state index in [1.165, 1.54) is 0 Å². The Bertz CT molecular complexity index is 368. The third-order valence-corrected chi connectivity index (χ3v) is 2.47. The van der Waals surface area contributed by atoms with Gasteiger partial charge in [0.1, 0.15) is 0 Å². The van der Waals surface area contributed by atoms with Gasteiger partial charge in [-0.05, 0) is 34.1 Å². The number of imidazole rings is 1. The minimum atomic E-state index is -0.225. The Kier molecular flexibility index (Phi) is 2.85. The summed E-state index contributed by atoms with van der Waals surface area (Å²) in [7, 11) is 0. The monoisotopic (exact) mass is 197 g/mol. The maximum atomic E-state index is 11.4. The van der Waals surface area contributed by atoms with Gasteiger partial charge in [-0.15, -0.1) is 0 Å². The molecule has 1 aromatic rings. The molecule has 0 aromatic carbocycles. The number of nitrogens with zero attached hydrogens (tertiary/aromatic N) is 1. The molecule has 3 N–H and O–H groups in total. The standard InChI is InChI=1S/C10H19N3O/c1-7-8(2)13(9(14)12-7)6-5-10(3,4)11/h5-6,11H2,1-4H3,(H,12,14). The molecule has 4 nitrogen and oxygen atoms in total. The molecule has 0 atom stereocenters. The molecule has 4 heteroatoms. The number of hydrogen-bond acceptors (Lipinski definition) is 2. The van der Waals surface area contributed by atoms with Crippen molar-refractivity contribution in [3.8, 4) is 0 Å². The fourth-order valence-corrected chi connectivity index (χ4v) is 1.34. The summed E-state index contributed by atoms with van der Waals surface area (Å²) in [6.45, 7) is 8.45. The Morgan fingerprint density at radius 3 is 2.36 bits per heavy atom. The van der Waals surface area contributed by atoms with Crippen molar-refractivity contribution in [1.82, 2.24) is 9.55 Å². The first-order chi connectivity index (χ1) is 6.31.